The molecule has 1 saturated heterocycles. The molecule has 32 heavy (non-hydrogen) atoms. The zero-order valence-electron chi connectivity index (χ0n) is 16.6. The summed E-state index contributed by atoms with van der Waals surface area (Å²) in [4.78, 5) is 25.9. The number of anilines is 2. The molecule has 9 heteroatoms. The quantitative estimate of drug-likeness (QED) is 0.550. The first-order valence-electron chi connectivity index (χ1n) is 9.60. The molecule has 3 aromatic carbocycles. The van der Waals surface area contributed by atoms with Gasteiger partial charge in [-0.15, -0.1) is 0 Å². The largest absolute Gasteiger partial charge is 0.457 e. The molecule has 0 saturated carbocycles. The molecule has 0 aliphatic carbocycles. The molecule has 0 atom stereocenters. The van der Waals surface area contributed by atoms with Crippen molar-refractivity contribution in [1.29, 1.82) is 0 Å². The van der Waals surface area contributed by atoms with Crippen LogP contribution in [0.15, 0.2) is 72.8 Å². The Morgan fingerprint density at radius 1 is 0.969 bits per heavy atom. The molecule has 1 aliphatic heterocycles. The number of alkyl halides is 3. The van der Waals surface area contributed by atoms with Crippen molar-refractivity contribution in [3.05, 3.63) is 83.9 Å². The number of carbonyl (C=O) groups is 2. The highest BCUT2D eigenvalue weighted by molar-refractivity contribution is 6.05. The summed E-state index contributed by atoms with van der Waals surface area (Å²) in [5, 5.41) is 2.73. The average molecular weight is 442 g/mol. The van der Waals surface area contributed by atoms with Gasteiger partial charge in [-0.3, -0.25) is 9.69 Å². The van der Waals surface area contributed by atoms with Crippen molar-refractivity contribution in [3.8, 4) is 11.5 Å². The third kappa shape index (κ3) is 4.83. The van der Waals surface area contributed by atoms with Crippen molar-refractivity contribution in [1.82, 2.24) is 0 Å². The number of cyclic esters (lactones) is 1. The van der Waals surface area contributed by atoms with E-state index in [4.69, 9.17) is 9.47 Å². The minimum absolute atomic E-state index is 0.00239. The van der Waals surface area contributed by atoms with Crippen LogP contribution in [0.1, 0.15) is 15.9 Å². The van der Waals surface area contributed by atoms with Crippen LogP contribution in [-0.4, -0.2) is 25.2 Å². The zero-order chi connectivity index (χ0) is 22.7. The van der Waals surface area contributed by atoms with Gasteiger partial charge in [0, 0.05) is 16.9 Å². The number of hydrogen-bond donors (Lipinski definition) is 1. The molecule has 1 N–H and O–H groups in total. The van der Waals surface area contributed by atoms with Crippen molar-refractivity contribution in [3.63, 3.8) is 0 Å². The van der Waals surface area contributed by atoms with E-state index in [1.807, 2.05) is 0 Å². The van der Waals surface area contributed by atoms with Crippen LogP contribution >= 0.6 is 0 Å². The zero-order valence-corrected chi connectivity index (χ0v) is 16.6. The molecule has 1 fully saturated rings. The minimum atomic E-state index is -4.48. The number of amides is 2. The van der Waals surface area contributed by atoms with Gasteiger partial charge in [0.05, 0.1) is 12.1 Å². The van der Waals surface area contributed by atoms with E-state index in [-0.39, 0.29) is 17.1 Å². The molecule has 6 nitrogen and oxygen atoms in total. The summed E-state index contributed by atoms with van der Waals surface area (Å²) < 4.78 is 49.1. The maximum atomic E-state index is 12.9. The summed E-state index contributed by atoms with van der Waals surface area (Å²) in [7, 11) is 0. The van der Waals surface area contributed by atoms with Gasteiger partial charge >= 0.3 is 12.3 Å². The Morgan fingerprint density at radius 3 is 2.41 bits per heavy atom. The lowest BCUT2D eigenvalue weighted by Crippen LogP contribution is -2.23. The Labute approximate surface area is 181 Å². The van der Waals surface area contributed by atoms with Gasteiger partial charge in [0.1, 0.15) is 18.1 Å². The topological polar surface area (TPSA) is 67.9 Å². The molecule has 3 aromatic rings. The van der Waals surface area contributed by atoms with E-state index in [9.17, 15) is 22.8 Å². The van der Waals surface area contributed by atoms with Gasteiger partial charge < -0.3 is 14.8 Å². The Balaban J connectivity index is 1.48. The molecule has 164 valence electrons. The molecule has 0 aromatic heterocycles. The fourth-order valence-electron chi connectivity index (χ4n) is 3.16. The lowest BCUT2D eigenvalue weighted by molar-refractivity contribution is -0.137. The third-order valence-corrected chi connectivity index (χ3v) is 4.67. The summed E-state index contributed by atoms with van der Waals surface area (Å²) in [5.41, 5.74) is 0.481. The van der Waals surface area contributed by atoms with Crippen LogP contribution in [0.25, 0.3) is 0 Å². The van der Waals surface area contributed by atoms with Crippen molar-refractivity contribution in [2.45, 2.75) is 6.18 Å². The van der Waals surface area contributed by atoms with E-state index in [0.29, 0.717) is 24.5 Å². The SMILES string of the molecule is O=C(Nc1cccc(N2CCOC2=O)c1)c1cccc(Oc2cccc(C(F)(F)F)c2)c1. The smallest absolute Gasteiger partial charge is 0.416 e. The average Bonchev–Trinajstić information content (AvgIpc) is 3.20. The monoisotopic (exact) mass is 442 g/mol. The first-order chi connectivity index (χ1) is 15.3. The number of ether oxygens (including phenoxy) is 2. The number of nitrogens with zero attached hydrogens (tertiary/aromatic N) is 1. The van der Waals surface area contributed by atoms with Gasteiger partial charge in [-0.05, 0) is 54.6 Å². The van der Waals surface area contributed by atoms with Crippen LogP contribution in [0, 0.1) is 0 Å². The first-order valence-corrected chi connectivity index (χ1v) is 9.60. The van der Waals surface area contributed by atoms with E-state index in [1.54, 1.807) is 36.4 Å². The van der Waals surface area contributed by atoms with Crippen LogP contribution in [0.4, 0.5) is 29.3 Å². The molecule has 0 unspecified atom stereocenters. The molecule has 0 radical (unpaired) electrons. The standard InChI is InChI=1S/C23H17F3N2O4/c24-23(25,26)16-5-2-9-20(13-16)32-19-8-1-4-15(12-19)21(29)27-17-6-3-7-18(14-17)28-10-11-31-22(28)30/h1-9,12-14H,10-11H2,(H,27,29). The second-order valence-electron chi connectivity index (χ2n) is 6.93. The normalized spacial score (nSPS) is 13.6. The Morgan fingerprint density at radius 2 is 1.69 bits per heavy atom. The van der Waals surface area contributed by atoms with E-state index >= 15 is 0 Å². The molecule has 0 spiro atoms. The van der Waals surface area contributed by atoms with E-state index in [0.717, 1.165) is 12.1 Å². The van der Waals surface area contributed by atoms with Gasteiger partial charge in [-0.1, -0.05) is 18.2 Å². The number of hydrogen-bond acceptors (Lipinski definition) is 4. The van der Waals surface area contributed by atoms with Gasteiger partial charge in [-0.25, -0.2) is 4.79 Å². The number of halogens is 3. The molecule has 2 amide bonds. The summed E-state index contributed by atoms with van der Waals surface area (Å²) in [5.74, 6) is -0.228. The summed E-state index contributed by atoms with van der Waals surface area (Å²) in [6.45, 7) is 0.721. The van der Waals surface area contributed by atoms with Crippen LogP contribution in [-0.2, 0) is 10.9 Å². The molecular weight excluding hydrogens is 425 g/mol. The predicted octanol–water partition coefficient (Wildman–Crippen LogP) is 5.71. The second kappa shape index (κ2) is 8.62. The minimum Gasteiger partial charge on any atom is -0.457 e. The van der Waals surface area contributed by atoms with Crippen molar-refractivity contribution < 1.29 is 32.2 Å². The fraction of sp³-hybridized carbons (Fsp3) is 0.130. The molecule has 0 bridgehead atoms. The number of carbonyl (C=O) groups excluding carboxylic acids is 2. The lowest BCUT2D eigenvalue weighted by Gasteiger charge is -2.14. The first kappa shape index (κ1) is 21.2. The van der Waals surface area contributed by atoms with Crippen LogP contribution in [0.2, 0.25) is 0 Å². The van der Waals surface area contributed by atoms with Gasteiger partial charge in [0.25, 0.3) is 5.91 Å². The maximum Gasteiger partial charge on any atom is 0.416 e. The van der Waals surface area contributed by atoms with E-state index in [1.165, 1.54) is 29.2 Å². The van der Waals surface area contributed by atoms with Crippen LogP contribution in [0.5, 0.6) is 11.5 Å². The maximum absolute atomic E-state index is 12.9. The van der Waals surface area contributed by atoms with E-state index < -0.39 is 23.7 Å². The summed E-state index contributed by atoms with van der Waals surface area (Å²) in [6.07, 6.45) is -4.94. The van der Waals surface area contributed by atoms with E-state index in [2.05, 4.69) is 5.32 Å². The number of nitrogens with one attached hydrogen (secondary N) is 1. The Kier molecular flexibility index (Phi) is 5.72. The summed E-state index contributed by atoms with van der Waals surface area (Å²) in [6, 6.07) is 17.3. The van der Waals surface area contributed by atoms with Gasteiger partial charge in [-0.2, -0.15) is 13.2 Å². The summed E-state index contributed by atoms with van der Waals surface area (Å²) >= 11 is 0. The lowest BCUT2D eigenvalue weighted by atomic mass is 10.2. The third-order valence-electron chi connectivity index (χ3n) is 4.67. The van der Waals surface area contributed by atoms with Crippen molar-refractivity contribution >= 4 is 23.4 Å². The molecule has 4 rings (SSSR count). The van der Waals surface area contributed by atoms with Gasteiger partial charge in [0.15, 0.2) is 0 Å². The van der Waals surface area contributed by atoms with Crippen LogP contribution in [0.3, 0.4) is 0 Å². The molecule has 1 heterocycles. The number of rotatable bonds is 5. The van der Waals surface area contributed by atoms with Gasteiger partial charge in [0.2, 0.25) is 0 Å². The Hall–Kier alpha value is -4.01. The fourth-order valence-corrected chi connectivity index (χ4v) is 3.16. The second-order valence-corrected chi connectivity index (χ2v) is 6.93. The highest BCUT2D eigenvalue weighted by Crippen LogP contribution is 2.33. The van der Waals surface area contributed by atoms with Crippen molar-refractivity contribution in [2.75, 3.05) is 23.4 Å². The van der Waals surface area contributed by atoms with Crippen molar-refractivity contribution in [2.24, 2.45) is 0 Å². The van der Waals surface area contributed by atoms with Crippen LogP contribution < -0.4 is 15.0 Å². The highest BCUT2D eigenvalue weighted by atomic mass is 19.4. The number of benzene rings is 3. The Bertz CT molecular complexity index is 1160. The highest BCUT2D eigenvalue weighted by Gasteiger charge is 2.30. The molecular formula is C23H17F3N2O4. The predicted molar refractivity (Wildman–Crippen MR) is 111 cm³/mol. The molecule has 1 aliphatic rings.